The van der Waals surface area contributed by atoms with Crippen LogP contribution >= 0.6 is 0 Å². The van der Waals surface area contributed by atoms with Gasteiger partial charge in [-0.1, -0.05) is 0 Å². The van der Waals surface area contributed by atoms with E-state index in [1.165, 1.54) is 12.1 Å². The number of phenols is 2. The maximum absolute atomic E-state index is 12.6. The van der Waals surface area contributed by atoms with Crippen LogP contribution in [-0.4, -0.2) is 49.9 Å². The van der Waals surface area contributed by atoms with Gasteiger partial charge in [0.05, 0.1) is 5.69 Å². The van der Waals surface area contributed by atoms with Gasteiger partial charge in [-0.25, -0.2) is 4.79 Å². The molecular weight excluding hydrogens is 326 g/mol. The van der Waals surface area contributed by atoms with Crippen molar-refractivity contribution in [2.24, 2.45) is 0 Å². The summed E-state index contributed by atoms with van der Waals surface area (Å²) < 4.78 is 0. The van der Waals surface area contributed by atoms with E-state index in [4.69, 9.17) is 0 Å². The average molecular weight is 347 g/mol. The van der Waals surface area contributed by atoms with Crippen molar-refractivity contribution in [1.82, 2.24) is 9.80 Å². The fourth-order valence-electron chi connectivity index (χ4n) is 2.47. The van der Waals surface area contributed by atoms with Gasteiger partial charge in [-0.05, 0) is 39.8 Å². The van der Waals surface area contributed by atoms with E-state index in [1.807, 2.05) is 0 Å². The molecule has 3 N–H and O–H groups in total. The second kappa shape index (κ2) is 6.84. The van der Waals surface area contributed by atoms with Crippen LogP contribution in [0, 0.1) is 0 Å². The van der Waals surface area contributed by atoms with Crippen molar-refractivity contribution in [2.75, 3.05) is 5.32 Å². The van der Waals surface area contributed by atoms with E-state index in [0.29, 0.717) is 0 Å². The Bertz CT molecular complexity index is 723. The third kappa shape index (κ3) is 3.42. The van der Waals surface area contributed by atoms with Crippen molar-refractivity contribution < 1.29 is 24.6 Å². The van der Waals surface area contributed by atoms with Gasteiger partial charge in [-0.3, -0.25) is 19.4 Å². The highest BCUT2D eigenvalue weighted by atomic mass is 16.3. The highest BCUT2D eigenvalue weighted by Crippen LogP contribution is 2.28. The number of nitrogens with one attached hydrogen (secondary N) is 1. The Morgan fingerprint density at radius 3 is 1.92 bits per heavy atom. The van der Waals surface area contributed by atoms with Crippen LogP contribution in [0.1, 0.15) is 27.7 Å². The Kier molecular flexibility index (Phi) is 5.01. The second-order valence-electron chi connectivity index (χ2n) is 6.22. The van der Waals surface area contributed by atoms with Crippen molar-refractivity contribution in [1.29, 1.82) is 0 Å². The second-order valence-corrected chi connectivity index (χ2v) is 6.22. The zero-order valence-electron chi connectivity index (χ0n) is 14.5. The number of hydrogen-bond donors (Lipinski definition) is 3. The van der Waals surface area contributed by atoms with Gasteiger partial charge in [0.1, 0.15) is 17.1 Å². The van der Waals surface area contributed by atoms with Crippen molar-refractivity contribution in [3.05, 3.63) is 30.0 Å². The molecule has 0 radical (unpaired) electrons. The fourth-order valence-corrected chi connectivity index (χ4v) is 2.47. The lowest BCUT2D eigenvalue weighted by Gasteiger charge is -2.37. The van der Waals surface area contributed by atoms with E-state index in [0.717, 1.165) is 22.1 Å². The largest absolute Gasteiger partial charge is 0.508 e. The average Bonchev–Trinajstić information content (AvgIpc) is 2.47. The molecular formula is C17H21N3O5. The lowest BCUT2D eigenvalue weighted by Crippen LogP contribution is -2.60. The standard InChI is InChI=1S/C17H21N3O5/c1-9(2)19-15(23)12(16(24)20(10(3)4)17(19)25)8-18-13-6-5-11(21)7-14(13)22/h5-10,18,21-22H,1-4H3. The maximum atomic E-state index is 12.6. The summed E-state index contributed by atoms with van der Waals surface area (Å²) in [6.45, 7) is 6.73. The molecule has 1 saturated heterocycles. The molecule has 1 aromatic rings. The lowest BCUT2D eigenvalue weighted by molar-refractivity contribution is -0.137. The molecule has 1 aromatic carbocycles. The van der Waals surface area contributed by atoms with Crippen LogP contribution in [0.15, 0.2) is 30.0 Å². The number of urea groups is 1. The third-order valence-electron chi connectivity index (χ3n) is 3.70. The van der Waals surface area contributed by atoms with E-state index < -0.39 is 29.9 Å². The van der Waals surface area contributed by atoms with Gasteiger partial charge in [-0.15, -0.1) is 0 Å². The summed E-state index contributed by atoms with van der Waals surface area (Å²) in [5.74, 6) is -1.77. The van der Waals surface area contributed by atoms with E-state index in [-0.39, 0.29) is 22.8 Å². The molecule has 1 fully saturated rings. The topological polar surface area (TPSA) is 110 Å². The number of anilines is 1. The zero-order chi connectivity index (χ0) is 18.9. The molecule has 0 saturated carbocycles. The van der Waals surface area contributed by atoms with E-state index >= 15 is 0 Å². The Morgan fingerprint density at radius 2 is 1.48 bits per heavy atom. The van der Waals surface area contributed by atoms with E-state index in [2.05, 4.69) is 5.32 Å². The molecule has 134 valence electrons. The highest BCUT2D eigenvalue weighted by Gasteiger charge is 2.44. The first-order valence-corrected chi connectivity index (χ1v) is 7.85. The highest BCUT2D eigenvalue weighted by molar-refractivity contribution is 6.29. The first-order chi connectivity index (χ1) is 11.6. The molecule has 0 spiro atoms. The third-order valence-corrected chi connectivity index (χ3v) is 3.70. The van der Waals surface area contributed by atoms with Crippen LogP contribution in [-0.2, 0) is 9.59 Å². The molecule has 0 aromatic heterocycles. The number of imide groups is 2. The normalized spacial score (nSPS) is 15.4. The Hall–Kier alpha value is -3.03. The number of benzene rings is 1. The van der Waals surface area contributed by atoms with Crippen molar-refractivity contribution in [2.45, 2.75) is 39.8 Å². The monoisotopic (exact) mass is 347 g/mol. The number of hydrogen-bond acceptors (Lipinski definition) is 6. The SMILES string of the molecule is CC(C)N1C(=O)C(=CNc2ccc(O)cc2O)C(=O)N(C(C)C)C1=O. The molecule has 25 heavy (non-hydrogen) atoms. The van der Waals surface area contributed by atoms with Crippen LogP contribution in [0.4, 0.5) is 10.5 Å². The summed E-state index contributed by atoms with van der Waals surface area (Å²) in [6, 6.07) is 2.38. The molecule has 0 atom stereocenters. The molecule has 1 aliphatic heterocycles. The van der Waals surface area contributed by atoms with Crippen molar-refractivity contribution >= 4 is 23.5 Å². The summed E-state index contributed by atoms with van der Waals surface area (Å²) >= 11 is 0. The summed E-state index contributed by atoms with van der Waals surface area (Å²) in [5, 5.41) is 21.8. The number of phenolic OH excluding ortho intramolecular Hbond substituents is 2. The minimum absolute atomic E-state index is 0.122. The lowest BCUT2D eigenvalue weighted by atomic mass is 10.1. The zero-order valence-corrected chi connectivity index (χ0v) is 14.5. The van der Waals surface area contributed by atoms with Crippen LogP contribution in [0.5, 0.6) is 11.5 Å². The van der Waals surface area contributed by atoms with Crippen LogP contribution in [0.3, 0.4) is 0 Å². The predicted octanol–water partition coefficient (Wildman–Crippen LogP) is 2.00. The molecule has 1 heterocycles. The van der Waals surface area contributed by atoms with Gasteiger partial charge in [0.2, 0.25) is 0 Å². The van der Waals surface area contributed by atoms with Crippen LogP contribution in [0.2, 0.25) is 0 Å². The summed E-state index contributed by atoms with van der Waals surface area (Å²) in [4.78, 5) is 39.6. The molecule has 0 bridgehead atoms. The summed E-state index contributed by atoms with van der Waals surface area (Å²) in [5.41, 5.74) is -0.00975. The van der Waals surface area contributed by atoms with Crippen molar-refractivity contribution in [3.8, 4) is 11.5 Å². The van der Waals surface area contributed by atoms with Gasteiger partial charge in [0.25, 0.3) is 11.8 Å². The number of barbiturate groups is 1. The number of aromatic hydroxyl groups is 2. The minimum Gasteiger partial charge on any atom is -0.508 e. The number of amides is 4. The summed E-state index contributed by atoms with van der Waals surface area (Å²) in [6.07, 6.45) is 1.16. The molecule has 2 rings (SSSR count). The van der Waals surface area contributed by atoms with E-state index in [9.17, 15) is 24.6 Å². The Labute approximate surface area is 145 Å². The van der Waals surface area contributed by atoms with E-state index in [1.54, 1.807) is 27.7 Å². The van der Waals surface area contributed by atoms with Crippen LogP contribution < -0.4 is 5.32 Å². The molecule has 4 amide bonds. The predicted molar refractivity (Wildman–Crippen MR) is 90.8 cm³/mol. The number of rotatable bonds is 4. The van der Waals surface area contributed by atoms with Gasteiger partial charge in [-0.2, -0.15) is 0 Å². The maximum Gasteiger partial charge on any atom is 0.334 e. The summed E-state index contributed by atoms with van der Waals surface area (Å²) in [7, 11) is 0. The minimum atomic E-state index is -0.701. The molecule has 1 aliphatic rings. The van der Waals surface area contributed by atoms with Gasteiger partial charge < -0.3 is 15.5 Å². The first-order valence-electron chi connectivity index (χ1n) is 7.85. The molecule has 0 unspecified atom stereocenters. The smallest absolute Gasteiger partial charge is 0.334 e. The van der Waals surface area contributed by atoms with Gasteiger partial charge in [0.15, 0.2) is 0 Å². The Morgan fingerprint density at radius 1 is 0.960 bits per heavy atom. The Balaban J connectivity index is 2.41. The molecule has 0 aliphatic carbocycles. The number of carbonyl (C=O) groups excluding carboxylic acids is 3. The van der Waals surface area contributed by atoms with Crippen LogP contribution in [0.25, 0.3) is 0 Å². The van der Waals surface area contributed by atoms with Gasteiger partial charge >= 0.3 is 6.03 Å². The van der Waals surface area contributed by atoms with Gasteiger partial charge in [0, 0.05) is 24.4 Å². The number of carbonyl (C=O) groups is 3. The molecule has 8 heteroatoms. The van der Waals surface area contributed by atoms with Crippen molar-refractivity contribution in [3.63, 3.8) is 0 Å². The molecule has 8 nitrogen and oxygen atoms in total. The fraction of sp³-hybridized carbons (Fsp3) is 0.353. The quantitative estimate of drug-likeness (QED) is 0.333. The number of nitrogens with zero attached hydrogens (tertiary/aromatic N) is 2. The first kappa shape index (κ1) is 18.3.